The standard InChI is InChI=1S/C26H33ClN2O3/c1-18(30)32-25(22-7-5-4-6-8-22)26(31)28-17-19-9-11-20(12-10-19)24(29(2)3)21-13-15-23(27)16-14-21/h4-8,13-16,19-20,24-25H,9-12,17H2,1-3H3,(H,28,31). The topological polar surface area (TPSA) is 58.6 Å². The van der Waals surface area contributed by atoms with Gasteiger partial charge in [0.25, 0.3) is 5.91 Å². The van der Waals surface area contributed by atoms with Crippen LogP contribution in [0.1, 0.15) is 55.9 Å². The zero-order valence-corrected chi connectivity index (χ0v) is 19.8. The number of hydrogen-bond acceptors (Lipinski definition) is 4. The molecule has 0 aromatic heterocycles. The molecule has 0 bridgehead atoms. The molecule has 0 spiro atoms. The van der Waals surface area contributed by atoms with Crippen molar-refractivity contribution in [1.82, 2.24) is 10.2 Å². The van der Waals surface area contributed by atoms with Crippen LogP contribution in [0.5, 0.6) is 0 Å². The summed E-state index contributed by atoms with van der Waals surface area (Å²) in [4.78, 5) is 26.6. The highest BCUT2D eigenvalue weighted by molar-refractivity contribution is 6.30. The van der Waals surface area contributed by atoms with Crippen molar-refractivity contribution >= 4 is 23.5 Å². The molecule has 172 valence electrons. The smallest absolute Gasteiger partial charge is 0.303 e. The fraction of sp³-hybridized carbons (Fsp3) is 0.462. The van der Waals surface area contributed by atoms with Crippen LogP contribution >= 0.6 is 11.6 Å². The van der Waals surface area contributed by atoms with E-state index in [4.69, 9.17) is 16.3 Å². The van der Waals surface area contributed by atoms with Gasteiger partial charge in [-0.1, -0.05) is 54.1 Å². The number of benzene rings is 2. The molecule has 2 aromatic rings. The third-order valence-corrected chi connectivity index (χ3v) is 6.55. The number of amides is 1. The molecule has 1 fully saturated rings. The highest BCUT2D eigenvalue weighted by Crippen LogP contribution is 2.39. The molecule has 5 nitrogen and oxygen atoms in total. The third kappa shape index (κ3) is 6.57. The lowest BCUT2D eigenvalue weighted by atomic mass is 9.76. The van der Waals surface area contributed by atoms with Crippen LogP contribution in [0.4, 0.5) is 0 Å². The Labute approximate surface area is 196 Å². The van der Waals surface area contributed by atoms with Gasteiger partial charge in [-0.2, -0.15) is 0 Å². The van der Waals surface area contributed by atoms with Crippen molar-refractivity contribution < 1.29 is 14.3 Å². The number of carbonyl (C=O) groups is 2. The summed E-state index contributed by atoms with van der Waals surface area (Å²) in [7, 11) is 4.26. The van der Waals surface area contributed by atoms with E-state index in [-0.39, 0.29) is 5.91 Å². The molecule has 32 heavy (non-hydrogen) atoms. The van der Waals surface area contributed by atoms with Crippen LogP contribution in [0.3, 0.4) is 0 Å². The van der Waals surface area contributed by atoms with Gasteiger partial charge in [0.1, 0.15) is 0 Å². The largest absolute Gasteiger partial charge is 0.447 e. The minimum absolute atomic E-state index is 0.263. The van der Waals surface area contributed by atoms with E-state index in [9.17, 15) is 9.59 Å². The van der Waals surface area contributed by atoms with Gasteiger partial charge < -0.3 is 15.0 Å². The molecule has 3 rings (SSSR count). The zero-order chi connectivity index (χ0) is 23.1. The monoisotopic (exact) mass is 456 g/mol. The summed E-state index contributed by atoms with van der Waals surface area (Å²) in [6, 6.07) is 17.7. The molecule has 0 heterocycles. The molecule has 1 aliphatic carbocycles. The number of carbonyl (C=O) groups excluding carboxylic acids is 2. The summed E-state index contributed by atoms with van der Waals surface area (Å²) < 4.78 is 5.30. The van der Waals surface area contributed by atoms with E-state index < -0.39 is 12.1 Å². The van der Waals surface area contributed by atoms with Crippen LogP contribution in [0.15, 0.2) is 54.6 Å². The van der Waals surface area contributed by atoms with Gasteiger partial charge >= 0.3 is 5.97 Å². The van der Waals surface area contributed by atoms with Crippen LogP contribution in [-0.4, -0.2) is 37.4 Å². The second-order valence-electron chi connectivity index (χ2n) is 8.89. The maximum absolute atomic E-state index is 12.8. The first-order chi connectivity index (χ1) is 15.3. The van der Waals surface area contributed by atoms with Crippen molar-refractivity contribution in [1.29, 1.82) is 0 Å². The molecule has 1 aliphatic rings. The lowest BCUT2D eigenvalue weighted by Crippen LogP contribution is -2.37. The van der Waals surface area contributed by atoms with E-state index >= 15 is 0 Å². The Morgan fingerprint density at radius 1 is 1.00 bits per heavy atom. The molecule has 0 aliphatic heterocycles. The minimum atomic E-state index is -0.909. The van der Waals surface area contributed by atoms with Gasteiger partial charge in [0, 0.05) is 30.1 Å². The van der Waals surface area contributed by atoms with Crippen LogP contribution in [0.25, 0.3) is 0 Å². The Morgan fingerprint density at radius 2 is 1.62 bits per heavy atom. The summed E-state index contributed by atoms with van der Waals surface area (Å²) in [5, 5.41) is 3.78. The average Bonchev–Trinajstić information content (AvgIpc) is 2.78. The van der Waals surface area contributed by atoms with Gasteiger partial charge in [-0.25, -0.2) is 0 Å². The van der Waals surface area contributed by atoms with Crippen LogP contribution in [-0.2, 0) is 14.3 Å². The lowest BCUT2D eigenvalue weighted by molar-refractivity contribution is -0.154. The molecular weight excluding hydrogens is 424 g/mol. The molecule has 1 N–H and O–H groups in total. The first-order valence-corrected chi connectivity index (χ1v) is 11.6. The molecule has 0 saturated heterocycles. The maximum Gasteiger partial charge on any atom is 0.303 e. The molecule has 2 atom stereocenters. The summed E-state index contributed by atoms with van der Waals surface area (Å²) in [6.45, 7) is 1.93. The second-order valence-corrected chi connectivity index (χ2v) is 9.32. The number of ether oxygens (including phenoxy) is 1. The van der Waals surface area contributed by atoms with E-state index in [1.807, 2.05) is 30.3 Å². The summed E-state index contributed by atoms with van der Waals surface area (Å²) in [6.07, 6.45) is 3.43. The van der Waals surface area contributed by atoms with E-state index in [1.165, 1.54) is 12.5 Å². The average molecular weight is 457 g/mol. The van der Waals surface area contributed by atoms with Crippen molar-refractivity contribution in [3.63, 3.8) is 0 Å². The molecule has 6 heteroatoms. The summed E-state index contributed by atoms with van der Waals surface area (Å²) >= 11 is 6.07. The predicted octanol–water partition coefficient (Wildman–Crippen LogP) is 5.17. The summed E-state index contributed by atoms with van der Waals surface area (Å²) in [5.74, 6) is 0.264. The number of esters is 1. The first-order valence-electron chi connectivity index (χ1n) is 11.3. The van der Waals surface area contributed by atoms with E-state index in [0.717, 1.165) is 30.7 Å². The molecule has 1 amide bonds. The van der Waals surface area contributed by atoms with Crippen LogP contribution in [0, 0.1) is 11.8 Å². The van der Waals surface area contributed by atoms with Crippen LogP contribution in [0.2, 0.25) is 5.02 Å². The van der Waals surface area contributed by atoms with E-state index in [2.05, 4.69) is 36.4 Å². The maximum atomic E-state index is 12.8. The molecule has 1 saturated carbocycles. The molecule has 2 aromatic carbocycles. The van der Waals surface area contributed by atoms with Gasteiger partial charge in [-0.15, -0.1) is 0 Å². The quantitative estimate of drug-likeness (QED) is 0.557. The summed E-state index contributed by atoms with van der Waals surface area (Å²) in [5.41, 5.74) is 1.98. The fourth-order valence-electron chi connectivity index (χ4n) is 4.76. The SMILES string of the molecule is CC(=O)OC(C(=O)NCC1CCC(C(c2ccc(Cl)cc2)N(C)C)CC1)c1ccccc1. The third-order valence-electron chi connectivity index (χ3n) is 6.30. The zero-order valence-electron chi connectivity index (χ0n) is 19.1. The number of nitrogens with one attached hydrogen (secondary N) is 1. The minimum Gasteiger partial charge on any atom is -0.447 e. The highest BCUT2D eigenvalue weighted by Gasteiger charge is 2.31. The Balaban J connectivity index is 1.55. The Bertz CT molecular complexity index is 878. The van der Waals surface area contributed by atoms with Crippen LogP contribution < -0.4 is 5.32 Å². The molecule has 0 radical (unpaired) electrons. The molecule has 2 unspecified atom stereocenters. The van der Waals surface area contributed by atoms with Crippen molar-refractivity contribution in [2.45, 2.75) is 44.8 Å². The number of halogens is 1. The second kappa shape index (κ2) is 11.5. The van der Waals surface area contributed by atoms with E-state index in [0.29, 0.717) is 30.0 Å². The first kappa shape index (κ1) is 24.3. The normalized spacial score (nSPS) is 20.4. The van der Waals surface area contributed by atoms with Crippen molar-refractivity contribution in [3.8, 4) is 0 Å². The van der Waals surface area contributed by atoms with Crippen molar-refractivity contribution in [3.05, 3.63) is 70.7 Å². The number of hydrogen-bond donors (Lipinski definition) is 1. The molecular formula is C26H33ClN2O3. The van der Waals surface area contributed by atoms with Crippen molar-refractivity contribution in [2.75, 3.05) is 20.6 Å². The van der Waals surface area contributed by atoms with Gasteiger partial charge in [-0.05, 0) is 69.3 Å². The predicted molar refractivity (Wildman–Crippen MR) is 127 cm³/mol. The number of rotatable bonds is 8. The van der Waals surface area contributed by atoms with Gasteiger partial charge in [-0.3, -0.25) is 9.59 Å². The Morgan fingerprint density at radius 3 is 2.19 bits per heavy atom. The van der Waals surface area contributed by atoms with Gasteiger partial charge in [0.2, 0.25) is 6.10 Å². The van der Waals surface area contributed by atoms with Gasteiger partial charge in [0.15, 0.2) is 0 Å². The Hall–Kier alpha value is -2.37. The van der Waals surface area contributed by atoms with Crippen molar-refractivity contribution in [2.24, 2.45) is 11.8 Å². The Kier molecular flexibility index (Phi) is 8.71. The lowest BCUT2D eigenvalue weighted by Gasteiger charge is -2.37. The number of nitrogens with zero attached hydrogens (tertiary/aromatic N) is 1. The fourth-order valence-corrected chi connectivity index (χ4v) is 4.89. The highest BCUT2D eigenvalue weighted by atomic mass is 35.5. The van der Waals surface area contributed by atoms with Gasteiger partial charge in [0.05, 0.1) is 0 Å². The van der Waals surface area contributed by atoms with E-state index in [1.54, 1.807) is 12.1 Å².